The summed E-state index contributed by atoms with van der Waals surface area (Å²) in [6, 6.07) is 2.23. The van der Waals surface area contributed by atoms with Crippen LogP contribution in [0.25, 0.3) is 0 Å². The molecule has 0 aliphatic carbocycles. The van der Waals surface area contributed by atoms with Crippen molar-refractivity contribution in [2.75, 3.05) is 13.7 Å². The molecule has 22 heavy (non-hydrogen) atoms. The van der Waals surface area contributed by atoms with E-state index in [0.29, 0.717) is 25.7 Å². The Balaban J connectivity index is 1.94. The first-order chi connectivity index (χ1) is 10.5. The Bertz CT molecular complexity index is 435. The summed E-state index contributed by atoms with van der Waals surface area (Å²) in [5.74, 6) is -0.312. The largest absolute Gasteiger partial charge is 0.469 e. The lowest BCUT2D eigenvalue weighted by Crippen LogP contribution is -2.51. The molecule has 0 bridgehead atoms. The van der Waals surface area contributed by atoms with Crippen LogP contribution in [0.3, 0.4) is 0 Å². The number of nitrogens with zero attached hydrogens (tertiary/aromatic N) is 1. The smallest absolute Gasteiger partial charge is 0.305 e. The van der Waals surface area contributed by atoms with E-state index in [0.717, 1.165) is 12.8 Å². The van der Waals surface area contributed by atoms with Crippen molar-refractivity contribution in [1.29, 1.82) is 5.26 Å². The Kier molecular flexibility index (Phi) is 5.79. The van der Waals surface area contributed by atoms with Crippen LogP contribution in [-0.2, 0) is 19.0 Å². The number of nitriles is 1. The summed E-state index contributed by atoms with van der Waals surface area (Å²) in [5, 5.41) is 18.8. The van der Waals surface area contributed by atoms with Gasteiger partial charge in [-0.15, -0.1) is 0 Å². The quantitative estimate of drug-likeness (QED) is 0.749. The number of hydrogen-bond donors (Lipinski definition) is 1. The Morgan fingerprint density at radius 1 is 1.50 bits per heavy atom. The zero-order valence-corrected chi connectivity index (χ0v) is 13.3. The fourth-order valence-electron chi connectivity index (χ4n) is 3.47. The van der Waals surface area contributed by atoms with Crippen LogP contribution in [0, 0.1) is 17.2 Å². The van der Waals surface area contributed by atoms with Gasteiger partial charge in [0.15, 0.2) is 0 Å². The third-order valence-electron chi connectivity index (χ3n) is 4.67. The highest BCUT2D eigenvalue weighted by Crippen LogP contribution is 2.43. The molecule has 2 heterocycles. The zero-order valence-electron chi connectivity index (χ0n) is 13.3. The maximum atomic E-state index is 11.2. The van der Waals surface area contributed by atoms with Gasteiger partial charge in [0, 0.05) is 18.8 Å². The summed E-state index contributed by atoms with van der Waals surface area (Å²) >= 11 is 0. The number of esters is 1. The van der Waals surface area contributed by atoms with Gasteiger partial charge in [0.05, 0.1) is 38.1 Å². The lowest BCUT2D eigenvalue weighted by molar-refractivity contribution is -0.185. The van der Waals surface area contributed by atoms with Crippen molar-refractivity contribution < 1.29 is 24.1 Å². The van der Waals surface area contributed by atoms with Crippen molar-refractivity contribution >= 4 is 5.97 Å². The monoisotopic (exact) mass is 311 g/mol. The zero-order chi connectivity index (χ0) is 16.2. The van der Waals surface area contributed by atoms with E-state index in [-0.39, 0.29) is 36.8 Å². The molecule has 0 spiro atoms. The van der Waals surface area contributed by atoms with Crippen molar-refractivity contribution in [2.45, 2.75) is 69.4 Å². The summed E-state index contributed by atoms with van der Waals surface area (Å²) in [6.45, 7) is 1.79. The predicted molar refractivity (Wildman–Crippen MR) is 77.8 cm³/mol. The molecular weight excluding hydrogens is 286 g/mol. The van der Waals surface area contributed by atoms with Gasteiger partial charge in [0.2, 0.25) is 0 Å². The maximum Gasteiger partial charge on any atom is 0.305 e. The standard InChI is InChI=1S/C16H25NO5/c1-11(9-17)7-12-3-5-14-16(10-18,22-12)8-13(21-14)4-6-15(19)20-2/h11-14,18H,3-8,10H2,1-2H3/t11-,12-,13?,14+,16-/m1/s1. The number of aliphatic hydroxyl groups is 1. The number of methoxy groups -OCH3 is 1. The van der Waals surface area contributed by atoms with Crippen molar-refractivity contribution in [1.82, 2.24) is 0 Å². The SMILES string of the molecule is COC(=O)CCC1C[C@]2(CO)O[C@@H](C[C@@H](C)C#N)CC[C@@H]2O1. The molecule has 2 rings (SSSR count). The fourth-order valence-corrected chi connectivity index (χ4v) is 3.47. The first-order valence-corrected chi connectivity index (χ1v) is 7.93. The van der Waals surface area contributed by atoms with Crippen LogP contribution < -0.4 is 0 Å². The molecule has 2 aliphatic rings. The minimum Gasteiger partial charge on any atom is -0.469 e. The number of carbonyl (C=O) groups is 1. The van der Waals surface area contributed by atoms with Gasteiger partial charge < -0.3 is 19.3 Å². The molecule has 1 unspecified atom stereocenters. The number of ether oxygens (including phenoxy) is 3. The molecular formula is C16H25NO5. The molecule has 2 saturated heterocycles. The molecule has 0 aromatic carbocycles. The highest BCUT2D eigenvalue weighted by Gasteiger charge is 2.52. The Morgan fingerprint density at radius 3 is 2.91 bits per heavy atom. The minimum absolute atomic E-state index is 0.0130. The van der Waals surface area contributed by atoms with Crippen molar-refractivity contribution in [3.63, 3.8) is 0 Å². The average Bonchev–Trinajstić information content (AvgIpc) is 2.90. The number of carbonyl (C=O) groups excluding carboxylic acids is 1. The topological polar surface area (TPSA) is 88.8 Å². The molecule has 0 aromatic heterocycles. The molecule has 0 radical (unpaired) electrons. The summed E-state index contributed by atoms with van der Waals surface area (Å²) in [4.78, 5) is 11.2. The second-order valence-electron chi connectivity index (χ2n) is 6.37. The van der Waals surface area contributed by atoms with Crippen LogP contribution in [0.15, 0.2) is 0 Å². The van der Waals surface area contributed by atoms with Crippen LogP contribution in [0.2, 0.25) is 0 Å². The van der Waals surface area contributed by atoms with E-state index in [4.69, 9.17) is 14.7 Å². The van der Waals surface area contributed by atoms with E-state index >= 15 is 0 Å². The third kappa shape index (κ3) is 3.78. The van der Waals surface area contributed by atoms with Gasteiger partial charge in [-0.2, -0.15) is 5.26 Å². The summed E-state index contributed by atoms with van der Waals surface area (Å²) in [5.41, 5.74) is -0.682. The first kappa shape index (κ1) is 17.2. The van der Waals surface area contributed by atoms with Gasteiger partial charge in [-0.1, -0.05) is 0 Å². The van der Waals surface area contributed by atoms with Gasteiger partial charge >= 0.3 is 5.97 Å². The minimum atomic E-state index is -0.682. The van der Waals surface area contributed by atoms with Gasteiger partial charge in [0.1, 0.15) is 5.60 Å². The van der Waals surface area contributed by atoms with E-state index in [9.17, 15) is 9.90 Å². The van der Waals surface area contributed by atoms with E-state index < -0.39 is 5.60 Å². The molecule has 0 aromatic rings. The number of rotatable bonds is 6. The van der Waals surface area contributed by atoms with E-state index in [1.54, 1.807) is 0 Å². The Labute approximate surface area is 131 Å². The third-order valence-corrected chi connectivity index (χ3v) is 4.67. The van der Waals surface area contributed by atoms with E-state index in [1.807, 2.05) is 6.92 Å². The van der Waals surface area contributed by atoms with Gasteiger partial charge in [0.25, 0.3) is 0 Å². The molecule has 1 N–H and O–H groups in total. The van der Waals surface area contributed by atoms with Crippen molar-refractivity contribution in [2.24, 2.45) is 5.92 Å². The van der Waals surface area contributed by atoms with Crippen molar-refractivity contribution in [3.8, 4) is 6.07 Å². The highest BCUT2D eigenvalue weighted by atomic mass is 16.6. The van der Waals surface area contributed by atoms with Crippen LogP contribution in [-0.4, -0.2) is 48.7 Å². The molecule has 0 saturated carbocycles. The fraction of sp³-hybridized carbons (Fsp3) is 0.875. The summed E-state index contributed by atoms with van der Waals surface area (Å²) in [7, 11) is 1.37. The van der Waals surface area contributed by atoms with Crippen LogP contribution in [0.5, 0.6) is 0 Å². The molecule has 5 atom stereocenters. The molecule has 124 valence electrons. The molecule has 0 amide bonds. The van der Waals surface area contributed by atoms with Gasteiger partial charge in [-0.3, -0.25) is 4.79 Å². The van der Waals surface area contributed by atoms with E-state index in [2.05, 4.69) is 10.8 Å². The van der Waals surface area contributed by atoms with Crippen LogP contribution in [0.1, 0.15) is 45.4 Å². The summed E-state index contributed by atoms with van der Waals surface area (Å²) < 4.78 is 16.8. The van der Waals surface area contributed by atoms with Crippen LogP contribution in [0.4, 0.5) is 0 Å². The molecule has 2 fully saturated rings. The Morgan fingerprint density at radius 2 is 2.27 bits per heavy atom. The van der Waals surface area contributed by atoms with Gasteiger partial charge in [-0.05, 0) is 32.6 Å². The second-order valence-corrected chi connectivity index (χ2v) is 6.37. The first-order valence-electron chi connectivity index (χ1n) is 7.93. The number of aliphatic hydroxyl groups excluding tert-OH is 1. The van der Waals surface area contributed by atoms with Crippen molar-refractivity contribution in [3.05, 3.63) is 0 Å². The van der Waals surface area contributed by atoms with E-state index in [1.165, 1.54) is 7.11 Å². The predicted octanol–water partition coefficient (Wildman–Crippen LogP) is 1.56. The lowest BCUT2D eigenvalue weighted by Gasteiger charge is -2.41. The van der Waals surface area contributed by atoms with Gasteiger partial charge in [-0.25, -0.2) is 0 Å². The lowest BCUT2D eigenvalue weighted by atomic mass is 9.85. The summed E-state index contributed by atoms with van der Waals surface area (Å²) in [6.07, 6.45) is 3.57. The Hall–Kier alpha value is -1.16. The maximum absolute atomic E-state index is 11.2. The number of fused-ring (bicyclic) bond motifs is 1. The highest BCUT2D eigenvalue weighted by molar-refractivity contribution is 5.69. The van der Waals surface area contributed by atoms with Crippen LogP contribution >= 0.6 is 0 Å². The molecule has 6 nitrogen and oxygen atoms in total. The second kappa shape index (κ2) is 7.40. The molecule has 6 heteroatoms. The number of hydrogen-bond acceptors (Lipinski definition) is 6. The normalized spacial score (nSPS) is 35.5. The average molecular weight is 311 g/mol. The molecule has 2 aliphatic heterocycles.